The van der Waals surface area contributed by atoms with Crippen LogP contribution in [0, 0.1) is 5.92 Å². The molecule has 0 fully saturated rings. The van der Waals surface area contributed by atoms with E-state index < -0.39 is 0 Å². The maximum Gasteiger partial charge on any atom is 0.00339 e. The van der Waals surface area contributed by atoms with Gasteiger partial charge in [0.05, 0.1) is 0 Å². The summed E-state index contributed by atoms with van der Waals surface area (Å²) in [5.41, 5.74) is 0. The van der Waals surface area contributed by atoms with E-state index in [-0.39, 0.29) is 0 Å². The van der Waals surface area contributed by atoms with Gasteiger partial charge in [0.25, 0.3) is 0 Å². The summed E-state index contributed by atoms with van der Waals surface area (Å²) in [5, 5.41) is 1.11. The van der Waals surface area contributed by atoms with Crippen LogP contribution in [-0.2, 0) is 0 Å². The molecule has 1 atom stereocenters. The Hall–Kier alpha value is 0.220. The molecule has 0 radical (unpaired) electrons. The van der Waals surface area contributed by atoms with Crippen LogP contribution < -0.4 is 0 Å². The number of halogens is 1. The lowest BCUT2D eigenvalue weighted by Gasteiger charge is -2.02. The molecule has 0 aliphatic carbocycles. The molecule has 0 aromatic rings. The lowest BCUT2D eigenvalue weighted by Crippen LogP contribution is -1.91. The minimum Gasteiger partial charge on any atom is -0.103 e. The third-order valence-electron chi connectivity index (χ3n) is 1.17. The van der Waals surface area contributed by atoms with Gasteiger partial charge in [0, 0.05) is 5.33 Å². The first kappa shape index (κ1) is 8.22. The van der Waals surface area contributed by atoms with Crippen molar-refractivity contribution in [3.05, 3.63) is 12.7 Å². The molecule has 8 heavy (non-hydrogen) atoms. The molecule has 0 rings (SSSR count). The Bertz CT molecular complexity index is 59.4. The lowest BCUT2D eigenvalue weighted by atomic mass is 10.1. The summed E-state index contributed by atoms with van der Waals surface area (Å²) in [7, 11) is 0. The van der Waals surface area contributed by atoms with Crippen molar-refractivity contribution in [2.24, 2.45) is 5.92 Å². The fourth-order valence-electron chi connectivity index (χ4n) is 0.589. The smallest absolute Gasteiger partial charge is 0.00339 e. The van der Waals surface area contributed by atoms with Crippen molar-refractivity contribution in [2.75, 3.05) is 5.33 Å². The molecule has 0 aliphatic heterocycles. The normalized spacial score (nSPS) is 13.2. The maximum absolute atomic E-state index is 3.67. The Balaban J connectivity index is 3.03. The predicted octanol–water partition coefficient (Wildman–Crippen LogP) is 2.98. The molecule has 0 aliphatic rings. The van der Waals surface area contributed by atoms with Crippen molar-refractivity contribution < 1.29 is 0 Å². The molecule has 0 bridgehead atoms. The topological polar surface area (TPSA) is 0 Å². The standard InChI is InChI=1S/C7H13Br/c1-3-4-7(2)5-6-8/h3,7H,1,4-6H2,2H3. The van der Waals surface area contributed by atoms with Crippen molar-refractivity contribution in [3.63, 3.8) is 0 Å². The Labute approximate surface area is 60.1 Å². The molecule has 0 heterocycles. The SMILES string of the molecule is C=CCC(C)CCBr. The minimum absolute atomic E-state index is 0.798. The van der Waals surface area contributed by atoms with E-state index in [9.17, 15) is 0 Å². The summed E-state index contributed by atoms with van der Waals surface area (Å²) in [6.07, 6.45) is 4.38. The van der Waals surface area contributed by atoms with Crippen LogP contribution in [0.25, 0.3) is 0 Å². The van der Waals surface area contributed by atoms with Crippen molar-refractivity contribution in [1.82, 2.24) is 0 Å². The molecule has 48 valence electrons. The molecule has 0 aromatic heterocycles. The highest BCUT2D eigenvalue weighted by molar-refractivity contribution is 9.09. The predicted molar refractivity (Wildman–Crippen MR) is 42.4 cm³/mol. The van der Waals surface area contributed by atoms with Gasteiger partial charge in [-0.3, -0.25) is 0 Å². The molecule has 0 nitrogen and oxygen atoms in total. The Morgan fingerprint density at radius 2 is 2.38 bits per heavy atom. The first-order chi connectivity index (χ1) is 3.81. The van der Waals surface area contributed by atoms with Crippen LogP contribution in [-0.4, -0.2) is 5.33 Å². The zero-order valence-corrected chi connectivity index (χ0v) is 6.95. The fraction of sp³-hybridized carbons (Fsp3) is 0.714. The largest absolute Gasteiger partial charge is 0.103 e. The van der Waals surface area contributed by atoms with E-state index >= 15 is 0 Å². The molecule has 0 saturated carbocycles. The summed E-state index contributed by atoms with van der Waals surface area (Å²) in [5.74, 6) is 0.798. The molecule has 1 heteroatoms. The van der Waals surface area contributed by atoms with Crippen molar-refractivity contribution >= 4 is 15.9 Å². The molecular weight excluding hydrogens is 164 g/mol. The summed E-state index contributed by atoms with van der Waals surface area (Å²) in [6.45, 7) is 5.91. The van der Waals surface area contributed by atoms with Gasteiger partial charge in [-0.05, 0) is 18.8 Å². The molecule has 0 N–H and O–H groups in total. The second-order valence-electron chi connectivity index (χ2n) is 2.11. The highest BCUT2D eigenvalue weighted by atomic mass is 79.9. The van der Waals surface area contributed by atoms with Crippen molar-refractivity contribution in [3.8, 4) is 0 Å². The van der Waals surface area contributed by atoms with E-state index in [2.05, 4.69) is 29.4 Å². The van der Waals surface area contributed by atoms with E-state index in [1.807, 2.05) is 6.08 Å². The van der Waals surface area contributed by atoms with Gasteiger partial charge in [-0.2, -0.15) is 0 Å². The van der Waals surface area contributed by atoms with Crippen LogP contribution in [0.1, 0.15) is 19.8 Å². The van der Waals surface area contributed by atoms with Crippen LogP contribution in [0.2, 0.25) is 0 Å². The van der Waals surface area contributed by atoms with Gasteiger partial charge >= 0.3 is 0 Å². The van der Waals surface area contributed by atoms with Crippen LogP contribution in [0.5, 0.6) is 0 Å². The first-order valence-corrected chi connectivity index (χ1v) is 4.10. The Morgan fingerprint density at radius 1 is 1.75 bits per heavy atom. The quantitative estimate of drug-likeness (QED) is 0.457. The minimum atomic E-state index is 0.798. The van der Waals surface area contributed by atoms with Crippen molar-refractivity contribution in [2.45, 2.75) is 19.8 Å². The first-order valence-electron chi connectivity index (χ1n) is 2.98. The van der Waals surface area contributed by atoms with Gasteiger partial charge in [-0.25, -0.2) is 0 Å². The average Bonchev–Trinajstić information content (AvgIpc) is 1.68. The number of hydrogen-bond acceptors (Lipinski definition) is 0. The van der Waals surface area contributed by atoms with Gasteiger partial charge in [0.1, 0.15) is 0 Å². The molecule has 0 saturated heterocycles. The number of allylic oxidation sites excluding steroid dienone is 1. The molecule has 0 aromatic carbocycles. The van der Waals surface area contributed by atoms with Gasteiger partial charge in [-0.15, -0.1) is 6.58 Å². The monoisotopic (exact) mass is 176 g/mol. The van der Waals surface area contributed by atoms with Crippen molar-refractivity contribution in [1.29, 1.82) is 0 Å². The average molecular weight is 177 g/mol. The summed E-state index contributed by atoms with van der Waals surface area (Å²) in [4.78, 5) is 0. The highest BCUT2D eigenvalue weighted by Crippen LogP contribution is 2.08. The zero-order valence-electron chi connectivity index (χ0n) is 5.36. The highest BCUT2D eigenvalue weighted by Gasteiger charge is 1.94. The second-order valence-corrected chi connectivity index (χ2v) is 2.90. The van der Waals surface area contributed by atoms with Crippen LogP contribution in [0.15, 0.2) is 12.7 Å². The lowest BCUT2D eigenvalue weighted by molar-refractivity contribution is 0.579. The third-order valence-corrected chi connectivity index (χ3v) is 1.63. The summed E-state index contributed by atoms with van der Waals surface area (Å²) >= 11 is 3.39. The third kappa shape index (κ3) is 4.38. The van der Waals surface area contributed by atoms with Gasteiger partial charge in [-0.1, -0.05) is 28.9 Å². The van der Waals surface area contributed by atoms with Gasteiger partial charge < -0.3 is 0 Å². The second kappa shape index (κ2) is 5.36. The van der Waals surface area contributed by atoms with Crippen LogP contribution in [0.4, 0.5) is 0 Å². The van der Waals surface area contributed by atoms with Crippen LogP contribution >= 0.6 is 15.9 Å². The Morgan fingerprint density at radius 3 is 2.75 bits per heavy atom. The van der Waals surface area contributed by atoms with Gasteiger partial charge in [0.15, 0.2) is 0 Å². The van der Waals surface area contributed by atoms with Crippen LogP contribution in [0.3, 0.4) is 0 Å². The maximum atomic E-state index is 3.67. The van der Waals surface area contributed by atoms with E-state index in [1.165, 1.54) is 6.42 Å². The fourth-order valence-corrected chi connectivity index (χ4v) is 1.37. The summed E-state index contributed by atoms with van der Waals surface area (Å²) < 4.78 is 0. The molecule has 1 unspecified atom stereocenters. The van der Waals surface area contributed by atoms with E-state index in [0.717, 1.165) is 17.7 Å². The van der Waals surface area contributed by atoms with Gasteiger partial charge in [0.2, 0.25) is 0 Å². The number of hydrogen-bond donors (Lipinski definition) is 0. The number of rotatable bonds is 4. The molecule has 0 spiro atoms. The van der Waals surface area contributed by atoms with E-state index in [4.69, 9.17) is 0 Å². The Kier molecular flexibility index (Phi) is 5.51. The van der Waals surface area contributed by atoms with E-state index in [0.29, 0.717) is 0 Å². The zero-order chi connectivity index (χ0) is 6.41. The number of alkyl halides is 1. The molecule has 0 amide bonds. The molecular formula is C7H13Br. The van der Waals surface area contributed by atoms with E-state index in [1.54, 1.807) is 0 Å². The summed E-state index contributed by atoms with van der Waals surface area (Å²) in [6, 6.07) is 0.